The Morgan fingerprint density at radius 3 is 2.38 bits per heavy atom. The molecule has 0 aliphatic heterocycles. The van der Waals surface area contributed by atoms with Gasteiger partial charge in [-0.25, -0.2) is 13.6 Å². The Morgan fingerprint density at radius 2 is 1.72 bits per heavy atom. The van der Waals surface area contributed by atoms with Crippen LogP contribution in [0.2, 0.25) is 0 Å². The fourth-order valence-corrected chi connectivity index (χ4v) is 3.19. The highest BCUT2D eigenvalue weighted by atomic mass is 19.1. The molecule has 1 N–H and O–H groups in total. The van der Waals surface area contributed by atoms with Crippen molar-refractivity contribution in [3.8, 4) is 0 Å². The molecule has 8 heteroatoms. The van der Waals surface area contributed by atoms with Gasteiger partial charge in [-0.3, -0.25) is 4.79 Å². The van der Waals surface area contributed by atoms with Gasteiger partial charge in [-0.05, 0) is 54.4 Å². The van der Waals surface area contributed by atoms with E-state index in [4.69, 9.17) is 4.42 Å². The molecule has 0 aliphatic rings. The molecule has 0 saturated heterocycles. The van der Waals surface area contributed by atoms with Crippen LogP contribution >= 0.6 is 0 Å². The molecule has 0 unspecified atom stereocenters. The lowest BCUT2D eigenvalue weighted by Crippen LogP contribution is -2.44. The molecule has 0 saturated carbocycles. The second kappa shape index (κ2) is 11.1. The van der Waals surface area contributed by atoms with Gasteiger partial charge in [0.1, 0.15) is 23.9 Å². The van der Waals surface area contributed by atoms with Crippen LogP contribution < -0.4 is 5.32 Å². The van der Waals surface area contributed by atoms with Crippen molar-refractivity contribution in [1.82, 2.24) is 9.80 Å². The predicted octanol–water partition coefficient (Wildman–Crippen LogP) is 5.03. The number of furan rings is 1. The van der Waals surface area contributed by atoms with E-state index < -0.39 is 11.8 Å². The van der Waals surface area contributed by atoms with Gasteiger partial charge in [0, 0.05) is 18.8 Å². The number of amides is 3. The van der Waals surface area contributed by atoms with Crippen molar-refractivity contribution in [3.05, 3.63) is 89.9 Å². The van der Waals surface area contributed by atoms with Crippen molar-refractivity contribution in [2.24, 2.45) is 0 Å². The van der Waals surface area contributed by atoms with E-state index in [-0.39, 0.29) is 31.4 Å². The molecule has 6 nitrogen and oxygen atoms in total. The van der Waals surface area contributed by atoms with E-state index in [1.165, 1.54) is 41.5 Å². The minimum Gasteiger partial charge on any atom is -0.467 e. The summed E-state index contributed by atoms with van der Waals surface area (Å²) < 4.78 is 32.1. The van der Waals surface area contributed by atoms with Gasteiger partial charge in [-0.1, -0.05) is 25.1 Å². The number of anilines is 1. The molecule has 0 spiro atoms. The van der Waals surface area contributed by atoms with Crippen LogP contribution in [-0.2, 0) is 17.9 Å². The maximum absolute atomic E-state index is 13.4. The molecule has 3 amide bonds. The summed E-state index contributed by atoms with van der Waals surface area (Å²) in [5.74, 6) is -0.536. The molecular formula is C24H25F2N3O3. The number of nitrogens with zero attached hydrogens (tertiary/aromatic N) is 2. The van der Waals surface area contributed by atoms with Crippen LogP contribution in [0.1, 0.15) is 24.7 Å². The van der Waals surface area contributed by atoms with Gasteiger partial charge in [0.25, 0.3) is 0 Å². The Labute approximate surface area is 185 Å². The maximum atomic E-state index is 13.4. The highest BCUT2D eigenvalue weighted by Gasteiger charge is 2.22. The zero-order valence-electron chi connectivity index (χ0n) is 17.8. The third kappa shape index (κ3) is 6.66. The summed E-state index contributed by atoms with van der Waals surface area (Å²) in [7, 11) is 0. The van der Waals surface area contributed by atoms with E-state index in [1.54, 1.807) is 35.2 Å². The van der Waals surface area contributed by atoms with Gasteiger partial charge in [-0.2, -0.15) is 0 Å². The van der Waals surface area contributed by atoms with Gasteiger partial charge < -0.3 is 19.5 Å². The van der Waals surface area contributed by atoms with Crippen molar-refractivity contribution < 1.29 is 22.8 Å². The monoisotopic (exact) mass is 441 g/mol. The molecule has 0 bridgehead atoms. The van der Waals surface area contributed by atoms with Crippen LogP contribution in [0.15, 0.2) is 71.3 Å². The summed E-state index contributed by atoms with van der Waals surface area (Å²) in [4.78, 5) is 28.8. The molecule has 0 atom stereocenters. The van der Waals surface area contributed by atoms with E-state index in [2.05, 4.69) is 5.32 Å². The first kappa shape index (κ1) is 23.0. The summed E-state index contributed by atoms with van der Waals surface area (Å²) in [5, 5.41) is 2.63. The zero-order valence-corrected chi connectivity index (χ0v) is 17.8. The molecule has 168 valence electrons. The third-order valence-electron chi connectivity index (χ3n) is 4.75. The van der Waals surface area contributed by atoms with E-state index in [9.17, 15) is 18.4 Å². The Morgan fingerprint density at radius 1 is 0.938 bits per heavy atom. The number of carbonyl (C=O) groups is 2. The Bertz CT molecular complexity index is 1020. The number of urea groups is 1. The van der Waals surface area contributed by atoms with Crippen molar-refractivity contribution in [1.29, 1.82) is 0 Å². The topological polar surface area (TPSA) is 65.8 Å². The lowest BCUT2D eigenvalue weighted by Gasteiger charge is -2.27. The van der Waals surface area contributed by atoms with Crippen LogP contribution in [0.25, 0.3) is 0 Å². The molecule has 0 radical (unpaired) electrons. The van der Waals surface area contributed by atoms with Crippen molar-refractivity contribution in [3.63, 3.8) is 0 Å². The molecule has 32 heavy (non-hydrogen) atoms. The number of nitrogens with one attached hydrogen (secondary N) is 1. The highest BCUT2D eigenvalue weighted by molar-refractivity contribution is 5.92. The van der Waals surface area contributed by atoms with Crippen LogP contribution in [0.5, 0.6) is 0 Å². The molecule has 1 heterocycles. The molecule has 2 aromatic carbocycles. The smallest absolute Gasteiger partial charge is 0.322 e. The summed E-state index contributed by atoms with van der Waals surface area (Å²) in [6.45, 7) is 2.50. The first-order chi connectivity index (χ1) is 15.4. The van der Waals surface area contributed by atoms with Crippen LogP contribution in [0, 0.1) is 11.6 Å². The van der Waals surface area contributed by atoms with E-state index >= 15 is 0 Å². The number of halogens is 2. The average Bonchev–Trinajstić information content (AvgIpc) is 3.27. The second-order valence-electron chi connectivity index (χ2n) is 7.32. The third-order valence-corrected chi connectivity index (χ3v) is 4.75. The van der Waals surface area contributed by atoms with Gasteiger partial charge >= 0.3 is 6.03 Å². The second-order valence-corrected chi connectivity index (χ2v) is 7.32. The Hall–Kier alpha value is -3.68. The summed E-state index contributed by atoms with van der Waals surface area (Å²) in [6.07, 6.45) is 2.16. The van der Waals surface area contributed by atoms with Crippen molar-refractivity contribution in [2.75, 3.05) is 18.4 Å². The van der Waals surface area contributed by atoms with Crippen LogP contribution in [0.4, 0.5) is 19.3 Å². The van der Waals surface area contributed by atoms with Crippen LogP contribution in [-0.4, -0.2) is 34.8 Å². The number of rotatable bonds is 9. The lowest BCUT2D eigenvalue weighted by molar-refractivity contribution is -0.133. The molecule has 3 aromatic rings. The summed E-state index contributed by atoms with van der Waals surface area (Å²) in [6, 6.07) is 14.4. The molecule has 1 aromatic heterocycles. The largest absolute Gasteiger partial charge is 0.467 e. The van der Waals surface area contributed by atoms with Crippen LogP contribution in [0.3, 0.4) is 0 Å². The van der Waals surface area contributed by atoms with E-state index in [1.807, 2.05) is 6.92 Å². The fourth-order valence-electron chi connectivity index (χ4n) is 3.19. The van der Waals surface area contributed by atoms with Crippen molar-refractivity contribution in [2.45, 2.75) is 26.4 Å². The number of hydrogen-bond acceptors (Lipinski definition) is 3. The highest BCUT2D eigenvalue weighted by Crippen LogP contribution is 2.14. The summed E-state index contributed by atoms with van der Waals surface area (Å²) in [5.41, 5.74) is 1.06. The van der Waals surface area contributed by atoms with E-state index in [0.717, 1.165) is 5.56 Å². The number of benzene rings is 2. The van der Waals surface area contributed by atoms with Gasteiger partial charge in [-0.15, -0.1) is 0 Å². The fraction of sp³-hybridized carbons (Fsp3) is 0.250. The SMILES string of the molecule is CCCN(CC(=O)N(Cc1ccc(F)cc1)Cc1ccco1)C(=O)Nc1cccc(F)c1. The minimum absolute atomic E-state index is 0.170. The Balaban J connectivity index is 1.73. The maximum Gasteiger partial charge on any atom is 0.322 e. The van der Waals surface area contributed by atoms with E-state index in [0.29, 0.717) is 24.4 Å². The molecular weight excluding hydrogens is 416 g/mol. The molecule has 0 fully saturated rings. The first-order valence-corrected chi connectivity index (χ1v) is 10.3. The molecule has 0 aliphatic carbocycles. The number of hydrogen-bond donors (Lipinski definition) is 1. The number of carbonyl (C=O) groups excluding carboxylic acids is 2. The quantitative estimate of drug-likeness (QED) is 0.507. The molecule has 3 rings (SSSR count). The Kier molecular flexibility index (Phi) is 7.96. The summed E-state index contributed by atoms with van der Waals surface area (Å²) >= 11 is 0. The average molecular weight is 441 g/mol. The normalized spacial score (nSPS) is 10.6. The lowest BCUT2D eigenvalue weighted by atomic mass is 10.2. The van der Waals surface area contributed by atoms with Gasteiger partial charge in [0.05, 0.1) is 12.8 Å². The first-order valence-electron chi connectivity index (χ1n) is 10.3. The van der Waals surface area contributed by atoms with Gasteiger partial charge in [0.2, 0.25) is 5.91 Å². The van der Waals surface area contributed by atoms with Crippen molar-refractivity contribution >= 4 is 17.6 Å². The zero-order chi connectivity index (χ0) is 22.9. The standard InChI is InChI=1S/C24H25F2N3O3/c1-2-12-28(24(31)27-21-6-3-5-20(26)14-21)17-23(30)29(16-22-7-4-13-32-22)15-18-8-10-19(25)11-9-18/h3-11,13-14H,2,12,15-17H2,1H3,(H,27,31). The minimum atomic E-state index is -0.495. The van der Waals surface area contributed by atoms with Gasteiger partial charge in [0.15, 0.2) is 0 Å². The predicted molar refractivity (Wildman–Crippen MR) is 117 cm³/mol.